The van der Waals surface area contributed by atoms with E-state index in [0.717, 1.165) is 6.07 Å². The molecule has 0 radical (unpaired) electrons. The van der Waals surface area contributed by atoms with Gasteiger partial charge in [-0.15, -0.1) is 0 Å². The highest BCUT2D eigenvalue weighted by molar-refractivity contribution is 5.20. The van der Waals surface area contributed by atoms with Crippen LogP contribution in [-0.2, 0) is 13.5 Å². The molecule has 1 aromatic carbocycles. The minimum absolute atomic E-state index is 0.00551. The average molecular weight is 238 g/mol. The van der Waals surface area contributed by atoms with Crippen molar-refractivity contribution >= 4 is 0 Å². The first-order valence-corrected chi connectivity index (χ1v) is 5.17. The Labute approximate surface area is 97.3 Å². The highest BCUT2D eigenvalue weighted by Crippen LogP contribution is 2.19. The third kappa shape index (κ3) is 2.34. The lowest BCUT2D eigenvalue weighted by Crippen LogP contribution is -2.09. The van der Waals surface area contributed by atoms with Gasteiger partial charge in [-0.25, -0.2) is 13.8 Å². The Hall–Kier alpha value is -1.75. The van der Waals surface area contributed by atoms with Gasteiger partial charge in [0.25, 0.3) is 0 Å². The van der Waals surface area contributed by atoms with Gasteiger partial charge in [0.2, 0.25) is 0 Å². The molecule has 0 aliphatic heterocycles. The highest BCUT2D eigenvalue weighted by atomic mass is 19.2. The van der Waals surface area contributed by atoms with E-state index in [2.05, 4.69) is 4.98 Å². The fourth-order valence-electron chi connectivity index (χ4n) is 1.70. The molecule has 1 unspecified atom stereocenters. The van der Waals surface area contributed by atoms with Crippen LogP contribution in [0.25, 0.3) is 0 Å². The molecule has 2 aromatic rings. The van der Waals surface area contributed by atoms with Crippen molar-refractivity contribution in [3.63, 3.8) is 0 Å². The molecule has 1 aromatic heterocycles. The Balaban J connectivity index is 2.22. The largest absolute Gasteiger partial charge is 0.385 e. The van der Waals surface area contributed by atoms with Crippen molar-refractivity contribution in [3.8, 4) is 0 Å². The summed E-state index contributed by atoms with van der Waals surface area (Å²) in [5.74, 6) is -1.40. The zero-order chi connectivity index (χ0) is 12.4. The molecule has 0 saturated heterocycles. The lowest BCUT2D eigenvalue weighted by molar-refractivity contribution is 0.163. The molecule has 0 fully saturated rings. The Bertz CT molecular complexity index is 525. The highest BCUT2D eigenvalue weighted by Gasteiger charge is 2.16. The molecule has 0 spiro atoms. The van der Waals surface area contributed by atoms with E-state index in [4.69, 9.17) is 0 Å². The van der Waals surface area contributed by atoms with Crippen molar-refractivity contribution in [2.45, 2.75) is 12.5 Å². The second-order valence-corrected chi connectivity index (χ2v) is 3.83. The predicted octanol–water partition coefficient (Wildman–Crippen LogP) is 1.97. The van der Waals surface area contributed by atoms with Crippen LogP contribution in [0.1, 0.15) is 17.5 Å². The summed E-state index contributed by atoms with van der Waals surface area (Å²) in [5, 5.41) is 9.89. The van der Waals surface area contributed by atoms with Crippen LogP contribution in [0, 0.1) is 11.6 Å². The Morgan fingerprint density at radius 2 is 2.18 bits per heavy atom. The van der Waals surface area contributed by atoms with Gasteiger partial charge in [-0.05, 0) is 11.6 Å². The number of hydrogen-bond acceptors (Lipinski definition) is 2. The summed E-state index contributed by atoms with van der Waals surface area (Å²) in [6.07, 6.45) is 2.27. The number of halogens is 2. The number of imidazole rings is 1. The van der Waals surface area contributed by atoms with Gasteiger partial charge in [-0.3, -0.25) is 0 Å². The number of aryl methyl sites for hydroxylation is 1. The van der Waals surface area contributed by atoms with Gasteiger partial charge in [0.15, 0.2) is 11.6 Å². The molecule has 0 amide bonds. The minimum atomic E-state index is -0.953. The third-order valence-electron chi connectivity index (χ3n) is 2.60. The monoisotopic (exact) mass is 238 g/mol. The quantitative estimate of drug-likeness (QED) is 0.887. The van der Waals surface area contributed by atoms with Gasteiger partial charge in [0.05, 0.1) is 0 Å². The van der Waals surface area contributed by atoms with Gasteiger partial charge < -0.3 is 9.67 Å². The summed E-state index contributed by atoms with van der Waals surface area (Å²) in [6, 6.07) is 3.91. The fraction of sp³-hybridized carbons (Fsp3) is 0.250. The van der Waals surface area contributed by atoms with E-state index in [9.17, 15) is 13.9 Å². The molecule has 1 atom stereocenters. The van der Waals surface area contributed by atoms with Gasteiger partial charge in [0.1, 0.15) is 11.9 Å². The Morgan fingerprint density at radius 3 is 2.82 bits per heavy atom. The maximum Gasteiger partial charge on any atom is 0.162 e. The van der Waals surface area contributed by atoms with E-state index in [-0.39, 0.29) is 12.0 Å². The fourth-order valence-corrected chi connectivity index (χ4v) is 1.70. The molecular formula is C12H12F2N2O. The van der Waals surface area contributed by atoms with E-state index in [1.807, 2.05) is 0 Å². The molecule has 0 aliphatic rings. The molecule has 90 valence electrons. The van der Waals surface area contributed by atoms with Gasteiger partial charge in [-0.1, -0.05) is 12.1 Å². The van der Waals surface area contributed by atoms with Crippen molar-refractivity contribution in [2.24, 2.45) is 7.05 Å². The molecule has 0 bridgehead atoms. The van der Waals surface area contributed by atoms with Gasteiger partial charge in [-0.2, -0.15) is 0 Å². The van der Waals surface area contributed by atoms with Crippen molar-refractivity contribution in [1.29, 1.82) is 0 Å². The van der Waals surface area contributed by atoms with E-state index < -0.39 is 17.7 Å². The summed E-state index contributed by atoms with van der Waals surface area (Å²) in [6.45, 7) is 0. The summed E-state index contributed by atoms with van der Waals surface area (Å²) >= 11 is 0. The molecule has 1 N–H and O–H groups in total. The maximum atomic E-state index is 13.4. The van der Waals surface area contributed by atoms with Crippen molar-refractivity contribution in [1.82, 2.24) is 9.55 Å². The van der Waals surface area contributed by atoms with Crippen LogP contribution in [0.15, 0.2) is 30.6 Å². The van der Waals surface area contributed by atoms with E-state index in [1.54, 1.807) is 24.0 Å². The van der Waals surface area contributed by atoms with E-state index in [1.165, 1.54) is 12.1 Å². The number of hydrogen-bond donors (Lipinski definition) is 1. The number of aliphatic hydroxyl groups excluding tert-OH is 1. The van der Waals surface area contributed by atoms with Crippen LogP contribution in [0.2, 0.25) is 0 Å². The van der Waals surface area contributed by atoms with Gasteiger partial charge in [0, 0.05) is 25.9 Å². The van der Waals surface area contributed by atoms with Crippen molar-refractivity contribution in [3.05, 3.63) is 53.6 Å². The molecule has 5 heteroatoms. The van der Waals surface area contributed by atoms with Crippen molar-refractivity contribution < 1.29 is 13.9 Å². The zero-order valence-electron chi connectivity index (χ0n) is 9.27. The number of rotatable bonds is 3. The van der Waals surface area contributed by atoms with Crippen LogP contribution >= 0.6 is 0 Å². The second kappa shape index (κ2) is 4.63. The zero-order valence-corrected chi connectivity index (χ0v) is 9.27. The third-order valence-corrected chi connectivity index (χ3v) is 2.60. The minimum Gasteiger partial charge on any atom is -0.385 e. The molecule has 0 aliphatic carbocycles. The predicted molar refractivity (Wildman–Crippen MR) is 58.2 cm³/mol. The maximum absolute atomic E-state index is 13.4. The summed E-state index contributed by atoms with van der Waals surface area (Å²) in [5.41, 5.74) is 0.139. The standard InChI is InChI=1S/C12H12F2N2O/c1-16-6-5-15-12(16)10(17)7-8-3-2-4-9(13)11(8)14/h2-6,10,17H,7H2,1H3. The van der Waals surface area contributed by atoms with Crippen LogP contribution in [0.5, 0.6) is 0 Å². The van der Waals surface area contributed by atoms with Crippen LogP contribution in [-0.4, -0.2) is 14.7 Å². The van der Waals surface area contributed by atoms with E-state index in [0.29, 0.717) is 5.82 Å². The summed E-state index contributed by atoms with van der Waals surface area (Å²) in [7, 11) is 1.73. The van der Waals surface area contributed by atoms with E-state index >= 15 is 0 Å². The Morgan fingerprint density at radius 1 is 1.41 bits per heavy atom. The lowest BCUT2D eigenvalue weighted by Gasteiger charge is -2.11. The van der Waals surface area contributed by atoms with Crippen LogP contribution in [0.4, 0.5) is 8.78 Å². The first-order chi connectivity index (χ1) is 8.09. The Kier molecular flexibility index (Phi) is 3.19. The smallest absolute Gasteiger partial charge is 0.162 e. The molecule has 2 rings (SSSR count). The lowest BCUT2D eigenvalue weighted by atomic mass is 10.1. The van der Waals surface area contributed by atoms with Crippen LogP contribution in [0.3, 0.4) is 0 Å². The second-order valence-electron chi connectivity index (χ2n) is 3.83. The topological polar surface area (TPSA) is 38.0 Å². The molecule has 0 saturated carbocycles. The molecule has 3 nitrogen and oxygen atoms in total. The van der Waals surface area contributed by atoms with Crippen LogP contribution < -0.4 is 0 Å². The normalized spacial score (nSPS) is 12.7. The number of aromatic nitrogens is 2. The first-order valence-electron chi connectivity index (χ1n) is 5.17. The molecular weight excluding hydrogens is 226 g/mol. The molecule has 1 heterocycles. The molecule has 17 heavy (non-hydrogen) atoms. The first kappa shape index (κ1) is 11.7. The number of aliphatic hydroxyl groups is 1. The average Bonchev–Trinajstić information content (AvgIpc) is 2.71. The van der Waals surface area contributed by atoms with Crippen molar-refractivity contribution in [2.75, 3.05) is 0 Å². The SMILES string of the molecule is Cn1ccnc1C(O)Cc1cccc(F)c1F. The number of nitrogens with zero attached hydrogens (tertiary/aromatic N) is 2. The summed E-state index contributed by atoms with van der Waals surface area (Å²) < 4.78 is 28.0. The summed E-state index contributed by atoms with van der Waals surface area (Å²) in [4.78, 5) is 3.96. The number of benzene rings is 1. The van der Waals surface area contributed by atoms with Gasteiger partial charge >= 0.3 is 0 Å².